The van der Waals surface area contributed by atoms with E-state index in [0.717, 1.165) is 10.9 Å². The van der Waals surface area contributed by atoms with E-state index in [1.807, 2.05) is 30.3 Å². The first-order valence-corrected chi connectivity index (χ1v) is 6.10. The molecule has 1 aromatic heterocycles. The van der Waals surface area contributed by atoms with E-state index < -0.39 is 5.97 Å². The molecule has 0 atom stereocenters. The Morgan fingerprint density at radius 1 is 1.15 bits per heavy atom. The summed E-state index contributed by atoms with van der Waals surface area (Å²) in [6.07, 6.45) is 0. The summed E-state index contributed by atoms with van der Waals surface area (Å²) < 4.78 is 10.7. The molecule has 0 unspecified atom stereocenters. The van der Waals surface area contributed by atoms with Gasteiger partial charge < -0.3 is 14.3 Å². The fourth-order valence-electron chi connectivity index (χ4n) is 2.25. The van der Waals surface area contributed by atoms with E-state index in [0.29, 0.717) is 16.9 Å². The van der Waals surface area contributed by atoms with Crippen LogP contribution in [0.15, 0.2) is 52.9 Å². The maximum atomic E-state index is 11.4. The zero-order valence-corrected chi connectivity index (χ0v) is 10.8. The maximum absolute atomic E-state index is 11.4. The molecule has 0 saturated carbocycles. The van der Waals surface area contributed by atoms with Crippen LogP contribution >= 0.6 is 0 Å². The number of carboxylic acid groups (broad SMARTS) is 1. The van der Waals surface area contributed by atoms with Gasteiger partial charge in [0.05, 0.1) is 7.11 Å². The van der Waals surface area contributed by atoms with Gasteiger partial charge in [-0.25, -0.2) is 4.79 Å². The monoisotopic (exact) mass is 268 g/mol. The first kappa shape index (κ1) is 12.3. The van der Waals surface area contributed by atoms with Gasteiger partial charge in [0.15, 0.2) is 0 Å². The highest BCUT2D eigenvalue weighted by atomic mass is 16.5. The molecule has 0 saturated heterocycles. The summed E-state index contributed by atoms with van der Waals surface area (Å²) in [4.78, 5) is 11.4. The van der Waals surface area contributed by atoms with Crippen LogP contribution in [-0.2, 0) is 0 Å². The Labute approximate surface area is 115 Å². The van der Waals surface area contributed by atoms with Crippen LogP contribution in [0.5, 0.6) is 5.75 Å². The van der Waals surface area contributed by atoms with Crippen molar-refractivity contribution in [3.05, 3.63) is 54.3 Å². The minimum absolute atomic E-state index is 0.0561. The molecule has 0 fully saturated rings. The number of benzene rings is 2. The SMILES string of the molecule is COc1ccc2oc(C(=O)O)c(-c3ccccc3)c2c1. The second-order valence-corrected chi connectivity index (χ2v) is 4.34. The Bertz CT molecular complexity index is 772. The van der Waals surface area contributed by atoms with E-state index in [-0.39, 0.29) is 5.76 Å². The summed E-state index contributed by atoms with van der Waals surface area (Å²) in [5, 5.41) is 10.1. The van der Waals surface area contributed by atoms with Crippen molar-refractivity contribution in [3.63, 3.8) is 0 Å². The van der Waals surface area contributed by atoms with Crippen LogP contribution in [0.25, 0.3) is 22.1 Å². The molecule has 4 nitrogen and oxygen atoms in total. The predicted octanol–water partition coefficient (Wildman–Crippen LogP) is 3.81. The second-order valence-electron chi connectivity index (χ2n) is 4.34. The third-order valence-corrected chi connectivity index (χ3v) is 3.15. The standard InChI is InChI=1S/C16H12O4/c1-19-11-7-8-13-12(9-11)14(15(20-13)16(17)18)10-5-3-2-4-6-10/h2-9H,1H3,(H,17,18). The molecule has 20 heavy (non-hydrogen) atoms. The van der Waals surface area contributed by atoms with Crippen molar-refractivity contribution in [1.29, 1.82) is 0 Å². The van der Waals surface area contributed by atoms with Crippen molar-refractivity contribution in [1.82, 2.24) is 0 Å². The zero-order chi connectivity index (χ0) is 14.1. The Hall–Kier alpha value is -2.75. The Morgan fingerprint density at radius 3 is 2.55 bits per heavy atom. The van der Waals surface area contributed by atoms with Crippen molar-refractivity contribution in [2.24, 2.45) is 0 Å². The summed E-state index contributed by atoms with van der Waals surface area (Å²) in [5.41, 5.74) is 1.91. The number of aromatic carboxylic acids is 1. The number of rotatable bonds is 3. The van der Waals surface area contributed by atoms with Gasteiger partial charge in [0.25, 0.3) is 0 Å². The molecule has 0 bridgehead atoms. The summed E-state index contributed by atoms with van der Waals surface area (Å²) in [5.74, 6) is -0.481. The average Bonchev–Trinajstić information content (AvgIpc) is 2.86. The molecule has 0 aliphatic carbocycles. The van der Waals surface area contributed by atoms with Crippen LogP contribution in [-0.4, -0.2) is 18.2 Å². The summed E-state index contributed by atoms with van der Waals surface area (Å²) >= 11 is 0. The number of hydrogen-bond acceptors (Lipinski definition) is 3. The lowest BCUT2D eigenvalue weighted by atomic mass is 10.0. The molecule has 3 rings (SSSR count). The topological polar surface area (TPSA) is 59.7 Å². The quantitative estimate of drug-likeness (QED) is 0.784. The molecule has 0 amide bonds. The number of carbonyl (C=O) groups is 1. The molecule has 2 aromatic carbocycles. The number of methoxy groups -OCH3 is 1. The summed E-state index contributed by atoms with van der Waals surface area (Å²) in [6, 6.07) is 14.6. The van der Waals surface area contributed by atoms with Gasteiger partial charge in [-0.3, -0.25) is 0 Å². The molecule has 3 aromatic rings. The summed E-state index contributed by atoms with van der Waals surface area (Å²) in [6.45, 7) is 0. The fraction of sp³-hybridized carbons (Fsp3) is 0.0625. The van der Waals surface area contributed by atoms with Crippen molar-refractivity contribution < 1.29 is 19.1 Å². The van der Waals surface area contributed by atoms with Crippen molar-refractivity contribution in [2.45, 2.75) is 0 Å². The number of furan rings is 1. The van der Waals surface area contributed by atoms with Crippen LogP contribution in [0, 0.1) is 0 Å². The Morgan fingerprint density at radius 2 is 1.90 bits per heavy atom. The number of ether oxygens (including phenoxy) is 1. The van der Waals surface area contributed by atoms with E-state index in [4.69, 9.17) is 9.15 Å². The minimum Gasteiger partial charge on any atom is -0.497 e. The lowest BCUT2D eigenvalue weighted by molar-refractivity contribution is 0.0666. The van der Waals surface area contributed by atoms with Crippen molar-refractivity contribution in [3.8, 4) is 16.9 Å². The zero-order valence-electron chi connectivity index (χ0n) is 10.8. The highest BCUT2D eigenvalue weighted by Crippen LogP contribution is 2.36. The molecular formula is C16H12O4. The van der Waals surface area contributed by atoms with Gasteiger partial charge in [-0.1, -0.05) is 30.3 Å². The van der Waals surface area contributed by atoms with Gasteiger partial charge in [-0.15, -0.1) is 0 Å². The summed E-state index contributed by atoms with van der Waals surface area (Å²) in [7, 11) is 1.57. The highest BCUT2D eigenvalue weighted by molar-refractivity contribution is 6.05. The lowest BCUT2D eigenvalue weighted by Crippen LogP contribution is -1.95. The van der Waals surface area contributed by atoms with Crippen LogP contribution < -0.4 is 4.74 Å². The smallest absolute Gasteiger partial charge is 0.372 e. The van der Waals surface area contributed by atoms with Gasteiger partial charge in [-0.05, 0) is 23.8 Å². The minimum atomic E-state index is -1.08. The molecule has 1 heterocycles. The second kappa shape index (κ2) is 4.74. The van der Waals surface area contributed by atoms with E-state index in [9.17, 15) is 9.90 Å². The molecule has 0 aliphatic heterocycles. The van der Waals surface area contributed by atoms with Gasteiger partial charge in [0.1, 0.15) is 11.3 Å². The lowest BCUT2D eigenvalue weighted by Gasteiger charge is -2.02. The Kier molecular flexibility index (Phi) is 2.91. The molecular weight excluding hydrogens is 256 g/mol. The van der Waals surface area contributed by atoms with E-state index in [1.54, 1.807) is 25.3 Å². The first-order chi connectivity index (χ1) is 9.70. The van der Waals surface area contributed by atoms with Gasteiger partial charge in [0.2, 0.25) is 5.76 Å². The first-order valence-electron chi connectivity index (χ1n) is 6.10. The third-order valence-electron chi connectivity index (χ3n) is 3.15. The number of hydrogen-bond donors (Lipinski definition) is 1. The molecule has 1 N–H and O–H groups in total. The average molecular weight is 268 g/mol. The largest absolute Gasteiger partial charge is 0.497 e. The molecule has 4 heteroatoms. The van der Waals surface area contributed by atoms with Crippen LogP contribution in [0.3, 0.4) is 0 Å². The normalized spacial score (nSPS) is 10.7. The molecule has 0 radical (unpaired) electrons. The molecule has 0 spiro atoms. The van der Waals surface area contributed by atoms with Crippen LogP contribution in [0.4, 0.5) is 0 Å². The number of carboxylic acids is 1. The van der Waals surface area contributed by atoms with Crippen LogP contribution in [0.1, 0.15) is 10.6 Å². The Balaban J connectivity index is 2.36. The highest BCUT2D eigenvalue weighted by Gasteiger charge is 2.21. The third kappa shape index (κ3) is 1.91. The molecule has 0 aliphatic rings. The van der Waals surface area contributed by atoms with Gasteiger partial charge in [0, 0.05) is 10.9 Å². The van der Waals surface area contributed by atoms with E-state index >= 15 is 0 Å². The van der Waals surface area contributed by atoms with Crippen LogP contribution in [0.2, 0.25) is 0 Å². The van der Waals surface area contributed by atoms with Crippen molar-refractivity contribution >= 4 is 16.9 Å². The fourth-order valence-corrected chi connectivity index (χ4v) is 2.25. The van der Waals surface area contributed by atoms with Gasteiger partial charge >= 0.3 is 5.97 Å². The molecule has 100 valence electrons. The van der Waals surface area contributed by atoms with Gasteiger partial charge in [-0.2, -0.15) is 0 Å². The van der Waals surface area contributed by atoms with E-state index in [2.05, 4.69) is 0 Å². The maximum Gasteiger partial charge on any atom is 0.372 e. The van der Waals surface area contributed by atoms with Crippen molar-refractivity contribution in [2.75, 3.05) is 7.11 Å². The number of fused-ring (bicyclic) bond motifs is 1. The van der Waals surface area contributed by atoms with E-state index in [1.165, 1.54) is 0 Å². The predicted molar refractivity (Wildman–Crippen MR) is 75.2 cm³/mol.